The maximum Gasteiger partial charge on any atom is 0.278 e. The molecule has 1 aliphatic rings. The third-order valence-electron chi connectivity index (χ3n) is 4.04. The van der Waals surface area contributed by atoms with Crippen LogP contribution in [0.5, 0.6) is 0 Å². The number of hydrogen-bond acceptors (Lipinski definition) is 5. The Kier molecular flexibility index (Phi) is 3.47. The lowest BCUT2D eigenvalue weighted by Crippen LogP contribution is -2.57. The normalized spacial score (nSPS) is 15.0. The van der Waals surface area contributed by atoms with Gasteiger partial charge in [0.2, 0.25) is 0 Å². The number of pyridine rings is 1. The van der Waals surface area contributed by atoms with Gasteiger partial charge in [-0.3, -0.25) is 15.1 Å². The van der Waals surface area contributed by atoms with Gasteiger partial charge in [0.25, 0.3) is 5.69 Å². The molecule has 0 radical (unpaired) electrons. The molecule has 0 spiro atoms. The number of anilines is 1. The van der Waals surface area contributed by atoms with E-state index in [-0.39, 0.29) is 10.6 Å². The highest BCUT2D eigenvalue weighted by atomic mass is 16.6. The van der Waals surface area contributed by atoms with Crippen LogP contribution in [0.4, 0.5) is 11.4 Å². The first-order valence-electron chi connectivity index (χ1n) is 7.13. The standard InChI is InChI=1S/C15H18N4O2/c1-3-18(11-7-16-8-11)14-4-5-15(19(20)21)13-9-17-10(2)6-12(13)14/h4-6,9,11,16H,3,7-8H2,1-2H3. The van der Waals surface area contributed by atoms with E-state index in [0.29, 0.717) is 11.4 Å². The number of aromatic nitrogens is 1. The molecule has 1 N–H and O–H groups in total. The molecule has 0 aliphatic carbocycles. The van der Waals surface area contributed by atoms with Crippen molar-refractivity contribution in [3.05, 3.63) is 40.2 Å². The van der Waals surface area contributed by atoms with Gasteiger partial charge in [0.05, 0.1) is 16.4 Å². The van der Waals surface area contributed by atoms with Crippen molar-refractivity contribution < 1.29 is 4.92 Å². The van der Waals surface area contributed by atoms with Crippen molar-refractivity contribution >= 4 is 22.1 Å². The molecule has 2 heterocycles. The first-order valence-corrected chi connectivity index (χ1v) is 7.13. The molecule has 1 aliphatic heterocycles. The average molecular weight is 286 g/mol. The van der Waals surface area contributed by atoms with Gasteiger partial charge in [0.15, 0.2) is 0 Å². The van der Waals surface area contributed by atoms with E-state index in [1.165, 1.54) is 0 Å². The first kappa shape index (κ1) is 13.8. The molecular weight excluding hydrogens is 268 g/mol. The third-order valence-corrected chi connectivity index (χ3v) is 4.04. The van der Waals surface area contributed by atoms with Crippen molar-refractivity contribution in [3.8, 4) is 0 Å². The molecule has 0 unspecified atom stereocenters. The van der Waals surface area contributed by atoms with Crippen molar-refractivity contribution in [2.75, 3.05) is 24.5 Å². The number of aryl methyl sites for hydroxylation is 1. The minimum absolute atomic E-state index is 0.115. The number of fused-ring (bicyclic) bond motifs is 1. The zero-order chi connectivity index (χ0) is 15.0. The zero-order valence-corrected chi connectivity index (χ0v) is 12.2. The summed E-state index contributed by atoms with van der Waals surface area (Å²) in [7, 11) is 0. The zero-order valence-electron chi connectivity index (χ0n) is 12.2. The van der Waals surface area contributed by atoms with Crippen LogP contribution in [0.25, 0.3) is 10.8 Å². The Morgan fingerprint density at radius 2 is 2.19 bits per heavy atom. The number of likely N-dealkylation sites (N-methyl/N-ethyl adjacent to an activating group) is 1. The Morgan fingerprint density at radius 1 is 1.43 bits per heavy atom. The summed E-state index contributed by atoms with van der Waals surface area (Å²) in [5.41, 5.74) is 2.03. The molecule has 6 nitrogen and oxygen atoms in total. The van der Waals surface area contributed by atoms with Crippen LogP contribution in [0.3, 0.4) is 0 Å². The highest BCUT2D eigenvalue weighted by Gasteiger charge is 2.26. The Morgan fingerprint density at radius 3 is 2.76 bits per heavy atom. The summed E-state index contributed by atoms with van der Waals surface area (Å²) in [6, 6.07) is 5.84. The van der Waals surface area contributed by atoms with Crippen LogP contribution < -0.4 is 10.2 Å². The maximum absolute atomic E-state index is 11.2. The highest BCUT2D eigenvalue weighted by Crippen LogP contribution is 2.34. The van der Waals surface area contributed by atoms with Gasteiger partial charge in [0.1, 0.15) is 0 Å². The van der Waals surface area contributed by atoms with Crippen molar-refractivity contribution in [1.29, 1.82) is 0 Å². The van der Waals surface area contributed by atoms with Crippen LogP contribution >= 0.6 is 0 Å². The minimum atomic E-state index is -0.343. The van der Waals surface area contributed by atoms with Gasteiger partial charge >= 0.3 is 0 Å². The van der Waals surface area contributed by atoms with Crippen LogP contribution in [-0.2, 0) is 0 Å². The lowest BCUT2D eigenvalue weighted by Gasteiger charge is -2.39. The van der Waals surface area contributed by atoms with Crippen molar-refractivity contribution in [1.82, 2.24) is 10.3 Å². The highest BCUT2D eigenvalue weighted by molar-refractivity contribution is 6.00. The maximum atomic E-state index is 11.2. The minimum Gasteiger partial charge on any atom is -0.366 e. The number of benzene rings is 1. The molecule has 3 rings (SSSR count). The number of nitro groups is 1. The molecule has 0 atom stereocenters. The number of rotatable bonds is 4. The van der Waals surface area contributed by atoms with E-state index < -0.39 is 0 Å². The summed E-state index contributed by atoms with van der Waals surface area (Å²) in [6.07, 6.45) is 1.61. The average Bonchev–Trinajstić information content (AvgIpc) is 2.41. The number of hydrogen-bond donors (Lipinski definition) is 1. The first-order chi connectivity index (χ1) is 10.1. The second-order valence-corrected chi connectivity index (χ2v) is 5.33. The molecule has 0 bridgehead atoms. The van der Waals surface area contributed by atoms with Crippen LogP contribution in [0.2, 0.25) is 0 Å². The fraction of sp³-hybridized carbons (Fsp3) is 0.400. The molecular formula is C15H18N4O2. The number of nitrogens with one attached hydrogen (secondary N) is 1. The molecule has 6 heteroatoms. The van der Waals surface area contributed by atoms with E-state index >= 15 is 0 Å². The van der Waals surface area contributed by atoms with E-state index in [4.69, 9.17) is 0 Å². The number of non-ortho nitro benzene ring substituents is 1. The van der Waals surface area contributed by atoms with Gasteiger partial charge in [-0.2, -0.15) is 0 Å². The summed E-state index contributed by atoms with van der Waals surface area (Å²) in [4.78, 5) is 17.4. The molecule has 0 saturated carbocycles. The summed E-state index contributed by atoms with van der Waals surface area (Å²) in [6.45, 7) is 6.80. The Labute approximate surface area is 122 Å². The molecule has 1 aromatic carbocycles. The lowest BCUT2D eigenvalue weighted by molar-refractivity contribution is -0.383. The van der Waals surface area contributed by atoms with Gasteiger partial charge in [-0.05, 0) is 26.0 Å². The molecule has 1 fully saturated rings. The molecule has 21 heavy (non-hydrogen) atoms. The molecule has 1 saturated heterocycles. The summed E-state index contributed by atoms with van der Waals surface area (Å²) < 4.78 is 0. The molecule has 1 aromatic heterocycles. The van der Waals surface area contributed by atoms with E-state index in [2.05, 4.69) is 22.1 Å². The van der Waals surface area contributed by atoms with Crippen molar-refractivity contribution in [2.45, 2.75) is 19.9 Å². The Balaban J connectivity index is 2.20. The van der Waals surface area contributed by atoms with E-state index in [1.807, 2.05) is 19.1 Å². The fourth-order valence-electron chi connectivity index (χ4n) is 2.84. The third kappa shape index (κ3) is 2.31. The topological polar surface area (TPSA) is 71.3 Å². The lowest BCUT2D eigenvalue weighted by atomic mass is 10.0. The molecule has 0 amide bonds. The Bertz CT molecular complexity index is 697. The van der Waals surface area contributed by atoms with Crippen LogP contribution in [0.15, 0.2) is 24.4 Å². The van der Waals surface area contributed by atoms with E-state index in [9.17, 15) is 10.1 Å². The van der Waals surface area contributed by atoms with Gasteiger partial charge in [-0.15, -0.1) is 0 Å². The number of nitro benzene ring substituents is 1. The second-order valence-electron chi connectivity index (χ2n) is 5.33. The molecule has 2 aromatic rings. The van der Waals surface area contributed by atoms with E-state index in [1.54, 1.807) is 12.3 Å². The van der Waals surface area contributed by atoms with Gasteiger partial charge in [-0.25, -0.2) is 0 Å². The quantitative estimate of drug-likeness (QED) is 0.689. The van der Waals surface area contributed by atoms with Crippen LogP contribution in [0, 0.1) is 17.0 Å². The second kappa shape index (κ2) is 5.29. The fourth-order valence-corrected chi connectivity index (χ4v) is 2.84. The SMILES string of the molecule is CCN(c1ccc([N+](=O)[O-])c2cnc(C)cc12)C1CNC1. The number of nitrogens with zero attached hydrogens (tertiary/aromatic N) is 3. The van der Waals surface area contributed by atoms with Crippen molar-refractivity contribution in [2.24, 2.45) is 0 Å². The van der Waals surface area contributed by atoms with Crippen LogP contribution in [-0.4, -0.2) is 35.6 Å². The Hall–Kier alpha value is -2.21. The van der Waals surface area contributed by atoms with Gasteiger partial charge < -0.3 is 10.2 Å². The predicted octanol–water partition coefficient (Wildman–Crippen LogP) is 2.25. The van der Waals surface area contributed by atoms with Gasteiger partial charge in [-0.1, -0.05) is 0 Å². The summed E-state index contributed by atoms with van der Waals surface area (Å²) >= 11 is 0. The largest absolute Gasteiger partial charge is 0.366 e. The predicted molar refractivity (Wildman–Crippen MR) is 82.8 cm³/mol. The van der Waals surface area contributed by atoms with Crippen molar-refractivity contribution in [3.63, 3.8) is 0 Å². The van der Waals surface area contributed by atoms with E-state index in [0.717, 1.165) is 36.4 Å². The van der Waals surface area contributed by atoms with Gasteiger partial charge in [0, 0.05) is 48.7 Å². The van der Waals surface area contributed by atoms with Crippen LogP contribution in [0.1, 0.15) is 12.6 Å². The smallest absolute Gasteiger partial charge is 0.278 e. The summed E-state index contributed by atoms with van der Waals surface area (Å²) in [5.74, 6) is 0. The summed E-state index contributed by atoms with van der Waals surface area (Å²) in [5, 5.41) is 16.0. The molecule has 110 valence electrons. The monoisotopic (exact) mass is 286 g/mol.